The van der Waals surface area contributed by atoms with E-state index in [-0.39, 0.29) is 17.3 Å². The first-order valence-corrected chi connectivity index (χ1v) is 10.6. The number of hydrogen-bond acceptors (Lipinski definition) is 4. The van der Waals surface area contributed by atoms with Crippen molar-refractivity contribution in [2.45, 2.75) is 39.0 Å². The lowest BCUT2D eigenvalue weighted by atomic mass is 9.68. The number of aromatic hydroxyl groups is 1. The van der Waals surface area contributed by atoms with E-state index in [9.17, 15) is 9.90 Å². The highest BCUT2D eigenvalue weighted by molar-refractivity contribution is 5.73. The average Bonchev–Trinajstić information content (AvgIpc) is 2.71. The molecule has 2 aromatic rings. The molecular formula is C25H33NO3. The number of benzene rings is 2. The predicted octanol–water partition coefficient (Wildman–Crippen LogP) is 4.41. The summed E-state index contributed by atoms with van der Waals surface area (Å²) in [6.07, 6.45) is 1.70. The van der Waals surface area contributed by atoms with Gasteiger partial charge in [-0.2, -0.15) is 0 Å². The molecule has 1 fully saturated rings. The first-order valence-electron chi connectivity index (χ1n) is 10.6. The second-order valence-corrected chi connectivity index (χ2v) is 8.52. The largest absolute Gasteiger partial charge is 0.508 e. The summed E-state index contributed by atoms with van der Waals surface area (Å²) in [6.45, 7) is 9.41. The zero-order valence-electron chi connectivity index (χ0n) is 17.8. The molecule has 1 saturated heterocycles. The van der Waals surface area contributed by atoms with Crippen molar-refractivity contribution in [3.05, 3.63) is 65.7 Å². The lowest BCUT2D eigenvalue weighted by molar-refractivity contribution is -0.149. The first kappa shape index (κ1) is 21.4. The summed E-state index contributed by atoms with van der Waals surface area (Å²) in [4.78, 5) is 15.0. The number of carbonyl (C=O) groups is 1. The summed E-state index contributed by atoms with van der Waals surface area (Å²) in [5.74, 6) is 0.473. The van der Waals surface area contributed by atoms with E-state index < -0.39 is 0 Å². The zero-order valence-corrected chi connectivity index (χ0v) is 17.8. The predicted molar refractivity (Wildman–Crippen MR) is 116 cm³/mol. The van der Waals surface area contributed by atoms with Crippen LogP contribution in [0.15, 0.2) is 54.6 Å². The van der Waals surface area contributed by atoms with Crippen molar-refractivity contribution >= 4 is 5.97 Å². The molecule has 1 N–H and O–H groups in total. The molecule has 4 nitrogen and oxygen atoms in total. The molecule has 3 rings (SSSR count). The van der Waals surface area contributed by atoms with Gasteiger partial charge in [0, 0.05) is 13.1 Å². The van der Waals surface area contributed by atoms with Gasteiger partial charge in [0.05, 0.1) is 12.5 Å². The SMILES string of the molecule is CCOC(=O)[C@@H](Cc1ccccc1)CN1CCC(C)(c2cccc(O)c2)[C@@H](C)C1. The van der Waals surface area contributed by atoms with Crippen LogP contribution < -0.4 is 0 Å². The molecule has 4 heteroatoms. The van der Waals surface area contributed by atoms with Crippen LogP contribution in [0.4, 0.5) is 0 Å². The van der Waals surface area contributed by atoms with Gasteiger partial charge in [0.15, 0.2) is 0 Å². The lowest BCUT2D eigenvalue weighted by Gasteiger charge is -2.45. The number of hydrogen-bond donors (Lipinski definition) is 1. The number of likely N-dealkylation sites (tertiary alicyclic amines) is 1. The van der Waals surface area contributed by atoms with Gasteiger partial charge in [-0.05, 0) is 60.9 Å². The van der Waals surface area contributed by atoms with E-state index in [1.807, 2.05) is 37.3 Å². The van der Waals surface area contributed by atoms with Crippen LogP contribution in [0.25, 0.3) is 0 Å². The quantitative estimate of drug-likeness (QED) is 0.706. The molecule has 0 amide bonds. The third-order valence-corrected chi connectivity index (χ3v) is 6.50. The van der Waals surface area contributed by atoms with Gasteiger partial charge < -0.3 is 14.7 Å². The van der Waals surface area contributed by atoms with Crippen LogP contribution in [0.1, 0.15) is 38.3 Å². The normalized spacial score (nSPS) is 23.5. The van der Waals surface area contributed by atoms with Gasteiger partial charge in [-0.3, -0.25) is 4.79 Å². The van der Waals surface area contributed by atoms with E-state index in [2.05, 4.69) is 36.9 Å². The van der Waals surface area contributed by atoms with Crippen molar-refractivity contribution in [2.75, 3.05) is 26.2 Å². The highest BCUT2D eigenvalue weighted by Gasteiger charge is 2.39. The van der Waals surface area contributed by atoms with Crippen LogP contribution in [0.3, 0.4) is 0 Å². The molecule has 0 spiro atoms. The van der Waals surface area contributed by atoms with Crippen LogP contribution in [-0.4, -0.2) is 42.2 Å². The number of ether oxygens (including phenoxy) is 1. The van der Waals surface area contributed by atoms with Gasteiger partial charge in [0.25, 0.3) is 0 Å². The average molecular weight is 396 g/mol. The summed E-state index contributed by atoms with van der Waals surface area (Å²) in [7, 11) is 0. The number of piperidine rings is 1. The second-order valence-electron chi connectivity index (χ2n) is 8.52. The fraction of sp³-hybridized carbons (Fsp3) is 0.480. The number of carbonyl (C=O) groups excluding carboxylic acids is 1. The molecule has 0 aliphatic carbocycles. The van der Waals surface area contributed by atoms with E-state index in [0.29, 0.717) is 31.2 Å². The van der Waals surface area contributed by atoms with Gasteiger partial charge in [-0.1, -0.05) is 56.3 Å². The van der Waals surface area contributed by atoms with E-state index in [1.165, 1.54) is 11.1 Å². The molecule has 1 aliphatic rings. The minimum atomic E-state index is -0.158. The Balaban J connectivity index is 1.69. The number of phenolic OH excluding ortho intramolecular Hbond substituents is 1. The van der Waals surface area contributed by atoms with Gasteiger partial charge in [-0.25, -0.2) is 0 Å². The lowest BCUT2D eigenvalue weighted by Crippen LogP contribution is -2.49. The highest BCUT2D eigenvalue weighted by atomic mass is 16.5. The Bertz CT molecular complexity index is 807. The Hall–Kier alpha value is -2.33. The summed E-state index contributed by atoms with van der Waals surface area (Å²) in [5, 5.41) is 9.91. The van der Waals surface area contributed by atoms with E-state index in [4.69, 9.17) is 4.74 Å². The van der Waals surface area contributed by atoms with Crippen molar-refractivity contribution in [3.8, 4) is 5.75 Å². The van der Waals surface area contributed by atoms with Gasteiger partial charge in [0.2, 0.25) is 0 Å². The maximum Gasteiger partial charge on any atom is 0.310 e. The van der Waals surface area contributed by atoms with E-state index in [1.54, 1.807) is 6.07 Å². The van der Waals surface area contributed by atoms with Crippen molar-refractivity contribution in [3.63, 3.8) is 0 Å². The zero-order chi connectivity index (χ0) is 20.9. The molecule has 1 unspecified atom stereocenters. The van der Waals surface area contributed by atoms with Crippen LogP contribution in [0.2, 0.25) is 0 Å². The third kappa shape index (κ3) is 5.18. The minimum Gasteiger partial charge on any atom is -0.508 e. The molecule has 2 aromatic carbocycles. The fourth-order valence-electron chi connectivity index (χ4n) is 4.47. The second kappa shape index (κ2) is 9.45. The number of phenols is 1. The Morgan fingerprint density at radius 2 is 2.00 bits per heavy atom. The van der Waals surface area contributed by atoms with Crippen molar-refractivity contribution in [1.82, 2.24) is 4.90 Å². The minimum absolute atomic E-state index is 0.0219. The summed E-state index contributed by atoms with van der Waals surface area (Å²) >= 11 is 0. The van der Waals surface area contributed by atoms with Crippen LogP contribution >= 0.6 is 0 Å². The Kier molecular flexibility index (Phi) is 6.96. The molecule has 1 aliphatic heterocycles. The number of nitrogens with zero attached hydrogens (tertiary/aromatic N) is 1. The monoisotopic (exact) mass is 395 g/mol. The van der Waals surface area contributed by atoms with Crippen molar-refractivity contribution in [2.24, 2.45) is 11.8 Å². The Morgan fingerprint density at radius 3 is 2.66 bits per heavy atom. The topological polar surface area (TPSA) is 49.8 Å². The van der Waals surface area contributed by atoms with Gasteiger partial charge in [0.1, 0.15) is 5.75 Å². The summed E-state index contributed by atoms with van der Waals surface area (Å²) in [6, 6.07) is 17.8. The molecule has 0 aromatic heterocycles. The van der Waals surface area contributed by atoms with Gasteiger partial charge in [-0.15, -0.1) is 0 Å². The molecule has 0 bridgehead atoms. The summed E-state index contributed by atoms with van der Waals surface area (Å²) < 4.78 is 5.37. The molecule has 3 atom stereocenters. The summed E-state index contributed by atoms with van der Waals surface area (Å²) in [5.41, 5.74) is 2.38. The highest BCUT2D eigenvalue weighted by Crippen LogP contribution is 2.40. The van der Waals surface area contributed by atoms with Crippen LogP contribution in [0.5, 0.6) is 5.75 Å². The first-order chi connectivity index (χ1) is 13.9. The standard InChI is InChI=1S/C25H33NO3/c1-4-29-24(28)21(15-20-9-6-5-7-10-20)18-26-14-13-25(3,19(2)17-26)22-11-8-12-23(27)16-22/h5-12,16,19,21,27H,4,13-15,17-18H2,1-3H3/t19-,21-,25?/m0/s1. The number of esters is 1. The smallest absolute Gasteiger partial charge is 0.310 e. The fourth-order valence-corrected chi connectivity index (χ4v) is 4.47. The molecular weight excluding hydrogens is 362 g/mol. The molecule has 1 heterocycles. The van der Waals surface area contributed by atoms with E-state index in [0.717, 1.165) is 19.5 Å². The van der Waals surface area contributed by atoms with Gasteiger partial charge >= 0.3 is 5.97 Å². The van der Waals surface area contributed by atoms with Crippen molar-refractivity contribution in [1.29, 1.82) is 0 Å². The maximum atomic E-state index is 12.6. The molecule has 0 radical (unpaired) electrons. The molecule has 156 valence electrons. The molecule has 29 heavy (non-hydrogen) atoms. The van der Waals surface area contributed by atoms with Crippen LogP contribution in [-0.2, 0) is 21.4 Å². The van der Waals surface area contributed by atoms with E-state index >= 15 is 0 Å². The Labute approximate surface area is 174 Å². The van der Waals surface area contributed by atoms with Crippen LogP contribution in [0, 0.1) is 11.8 Å². The third-order valence-electron chi connectivity index (χ3n) is 6.50. The van der Waals surface area contributed by atoms with Crippen molar-refractivity contribution < 1.29 is 14.6 Å². The number of rotatable bonds is 7. The Morgan fingerprint density at radius 1 is 1.24 bits per heavy atom. The molecule has 0 saturated carbocycles. The maximum absolute atomic E-state index is 12.6.